The summed E-state index contributed by atoms with van der Waals surface area (Å²) in [6.45, 7) is 2.52. The molecule has 2 aromatic heterocycles. The molecule has 0 radical (unpaired) electrons. The van der Waals surface area contributed by atoms with Crippen LogP contribution in [0.4, 0.5) is 0 Å². The second kappa shape index (κ2) is 5.42. The van der Waals surface area contributed by atoms with Gasteiger partial charge in [0, 0.05) is 18.5 Å². The van der Waals surface area contributed by atoms with Crippen molar-refractivity contribution >= 4 is 22.2 Å². The molecule has 1 aromatic carbocycles. The van der Waals surface area contributed by atoms with E-state index in [2.05, 4.69) is 15.4 Å². The number of amides is 1. The standard InChI is InChI=1S/C14H14N4OS/c1-10-17-18-9-12(16-14(18)20-10)7-8-15-13(19)11-5-3-2-4-6-11/h2-6,9H,7-8H2,1H3,(H,15,19). The van der Waals surface area contributed by atoms with E-state index in [1.54, 1.807) is 28.0 Å². The lowest BCUT2D eigenvalue weighted by molar-refractivity contribution is 0.0954. The van der Waals surface area contributed by atoms with Crippen LogP contribution in [0.2, 0.25) is 0 Å². The number of nitrogens with one attached hydrogen (secondary N) is 1. The minimum atomic E-state index is -0.0550. The van der Waals surface area contributed by atoms with Gasteiger partial charge in [-0.1, -0.05) is 29.5 Å². The predicted molar refractivity (Wildman–Crippen MR) is 78.1 cm³/mol. The van der Waals surface area contributed by atoms with E-state index >= 15 is 0 Å². The fourth-order valence-electron chi connectivity index (χ4n) is 1.96. The van der Waals surface area contributed by atoms with Crippen LogP contribution in [0.1, 0.15) is 21.1 Å². The molecule has 0 bridgehead atoms. The van der Waals surface area contributed by atoms with Gasteiger partial charge in [-0.15, -0.1) is 0 Å². The smallest absolute Gasteiger partial charge is 0.251 e. The molecule has 2 heterocycles. The third kappa shape index (κ3) is 2.70. The van der Waals surface area contributed by atoms with Gasteiger partial charge in [0.1, 0.15) is 5.01 Å². The van der Waals surface area contributed by atoms with Crippen LogP contribution in [-0.4, -0.2) is 27.0 Å². The Morgan fingerprint density at radius 3 is 2.90 bits per heavy atom. The van der Waals surface area contributed by atoms with E-state index in [1.807, 2.05) is 31.3 Å². The molecule has 0 unspecified atom stereocenters. The summed E-state index contributed by atoms with van der Waals surface area (Å²) in [5.74, 6) is -0.0550. The lowest BCUT2D eigenvalue weighted by Crippen LogP contribution is -2.25. The van der Waals surface area contributed by atoms with Gasteiger partial charge in [-0.25, -0.2) is 9.50 Å². The summed E-state index contributed by atoms with van der Waals surface area (Å²) in [5.41, 5.74) is 1.62. The lowest BCUT2D eigenvalue weighted by Gasteiger charge is -2.03. The highest BCUT2D eigenvalue weighted by Crippen LogP contribution is 2.13. The molecule has 102 valence electrons. The van der Waals surface area contributed by atoms with Crippen LogP contribution >= 0.6 is 11.3 Å². The molecular weight excluding hydrogens is 272 g/mol. The molecule has 1 N–H and O–H groups in total. The van der Waals surface area contributed by atoms with E-state index in [-0.39, 0.29) is 5.91 Å². The quantitative estimate of drug-likeness (QED) is 0.798. The number of nitrogens with zero attached hydrogens (tertiary/aromatic N) is 3. The average Bonchev–Trinajstić information content (AvgIpc) is 2.96. The summed E-state index contributed by atoms with van der Waals surface area (Å²) in [6, 6.07) is 9.20. The van der Waals surface area contributed by atoms with E-state index in [1.165, 1.54) is 0 Å². The third-order valence-electron chi connectivity index (χ3n) is 2.90. The molecule has 0 spiro atoms. The number of hydrogen-bond donors (Lipinski definition) is 1. The fraction of sp³-hybridized carbons (Fsp3) is 0.214. The molecule has 0 aliphatic rings. The van der Waals surface area contributed by atoms with Crippen molar-refractivity contribution in [2.24, 2.45) is 0 Å². The fourth-order valence-corrected chi connectivity index (χ4v) is 2.70. The Balaban J connectivity index is 1.57. The van der Waals surface area contributed by atoms with E-state index in [9.17, 15) is 4.79 Å². The van der Waals surface area contributed by atoms with Crippen LogP contribution in [0.5, 0.6) is 0 Å². The van der Waals surface area contributed by atoms with Gasteiger partial charge >= 0.3 is 0 Å². The molecule has 6 heteroatoms. The summed E-state index contributed by atoms with van der Waals surface area (Å²) < 4.78 is 1.79. The third-order valence-corrected chi connectivity index (χ3v) is 3.73. The number of benzene rings is 1. The number of carbonyl (C=O) groups excluding carboxylic acids is 1. The Morgan fingerprint density at radius 1 is 1.35 bits per heavy atom. The van der Waals surface area contributed by atoms with E-state index in [0.717, 1.165) is 15.7 Å². The highest BCUT2D eigenvalue weighted by atomic mass is 32.1. The summed E-state index contributed by atoms with van der Waals surface area (Å²) in [4.78, 5) is 17.2. The Kier molecular flexibility index (Phi) is 3.47. The van der Waals surface area contributed by atoms with Crippen molar-refractivity contribution in [2.45, 2.75) is 13.3 Å². The molecule has 20 heavy (non-hydrogen) atoms. The topological polar surface area (TPSA) is 59.3 Å². The molecule has 0 aliphatic carbocycles. The first kappa shape index (κ1) is 12.8. The minimum Gasteiger partial charge on any atom is -0.352 e. The number of imidazole rings is 1. The first-order chi connectivity index (χ1) is 9.72. The molecule has 0 aliphatic heterocycles. The molecule has 0 saturated carbocycles. The van der Waals surface area contributed by atoms with E-state index < -0.39 is 0 Å². The Bertz CT molecular complexity index is 701. The molecule has 0 fully saturated rings. The molecule has 5 nitrogen and oxygen atoms in total. The number of aryl methyl sites for hydroxylation is 1. The average molecular weight is 286 g/mol. The van der Waals surface area contributed by atoms with Gasteiger partial charge in [-0.2, -0.15) is 5.10 Å². The Labute approximate surface area is 120 Å². The Hall–Kier alpha value is -2.21. The maximum absolute atomic E-state index is 11.9. The van der Waals surface area contributed by atoms with Crippen LogP contribution in [0.15, 0.2) is 36.5 Å². The lowest BCUT2D eigenvalue weighted by atomic mass is 10.2. The van der Waals surface area contributed by atoms with E-state index in [0.29, 0.717) is 18.5 Å². The van der Waals surface area contributed by atoms with Crippen LogP contribution in [-0.2, 0) is 6.42 Å². The maximum atomic E-state index is 11.9. The minimum absolute atomic E-state index is 0.0550. The molecule has 0 atom stereocenters. The van der Waals surface area contributed by atoms with Gasteiger partial charge in [-0.05, 0) is 19.1 Å². The van der Waals surface area contributed by atoms with Gasteiger partial charge in [-0.3, -0.25) is 4.79 Å². The summed E-state index contributed by atoms with van der Waals surface area (Å²) in [6.07, 6.45) is 2.61. The number of rotatable bonds is 4. The molecule has 1 amide bonds. The zero-order chi connectivity index (χ0) is 13.9. The van der Waals surface area contributed by atoms with Crippen molar-refractivity contribution in [3.8, 4) is 0 Å². The van der Waals surface area contributed by atoms with E-state index in [4.69, 9.17) is 0 Å². The van der Waals surface area contributed by atoms with Gasteiger partial charge in [0.2, 0.25) is 4.96 Å². The van der Waals surface area contributed by atoms with Crippen molar-refractivity contribution in [2.75, 3.05) is 6.54 Å². The first-order valence-corrected chi connectivity index (χ1v) is 7.19. The van der Waals surface area contributed by atoms with Crippen molar-refractivity contribution in [3.05, 3.63) is 52.8 Å². The molecular formula is C14H14N4OS. The number of carbonyl (C=O) groups is 1. The van der Waals surface area contributed by atoms with Crippen LogP contribution in [0, 0.1) is 6.92 Å². The van der Waals surface area contributed by atoms with Crippen molar-refractivity contribution in [3.63, 3.8) is 0 Å². The largest absolute Gasteiger partial charge is 0.352 e. The van der Waals surface area contributed by atoms with Gasteiger partial charge in [0.05, 0.1) is 11.9 Å². The van der Waals surface area contributed by atoms with Crippen LogP contribution in [0.25, 0.3) is 4.96 Å². The number of hydrogen-bond acceptors (Lipinski definition) is 4. The van der Waals surface area contributed by atoms with Crippen LogP contribution < -0.4 is 5.32 Å². The van der Waals surface area contributed by atoms with Crippen molar-refractivity contribution in [1.29, 1.82) is 0 Å². The molecule has 3 aromatic rings. The number of fused-ring (bicyclic) bond motifs is 1. The van der Waals surface area contributed by atoms with Gasteiger partial charge < -0.3 is 5.32 Å². The SMILES string of the molecule is Cc1nn2cc(CCNC(=O)c3ccccc3)nc2s1. The second-order valence-electron chi connectivity index (χ2n) is 4.45. The van der Waals surface area contributed by atoms with Gasteiger partial charge in [0.25, 0.3) is 5.91 Å². The zero-order valence-electron chi connectivity index (χ0n) is 11.0. The second-order valence-corrected chi connectivity index (χ2v) is 5.61. The summed E-state index contributed by atoms with van der Waals surface area (Å²) in [7, 11) is 0. The first-order valence-electron chi connectivity index (χ1n) is 6.37. The Morgan fingerprint density at radius 2 is 2.15 bits per heavy atom. The highest BCUT2D eigenvalue weighted by Gasteiger charge is 2.07. The van der Waals surface area contributed by atoms with Crippen LogP contribution in [0.3, 0.4) is 0 Å². The van der Waals surface area contributed by atoms with Crippen molar-refractivity contribution < 1.29 is 4.79 Å². The maximum Gasteiger partial charge on any atom is 0.251 e. The molecule has 0 saturated heterocycles. The molecule has 3 rings (SSSR count). The summed E-state index contributed by atoms with van der Waals surface area (Å²) >= 11 is 1.56. The zero-order valence-corrected chi connectivity index (χ0v) is 11.9. The number of aromatic nitrogens is 3. The van der Waals surface area contributed by atoms with Gasteiger partial charge in [0.15, 0.2) is 0 Å². The summed E-state index contributed by atoms with van der Waals surface area (Å²) in [5, 5.41) is 8.20. The predicted octanol–water partition coefficient (Wildman–Crippen LogP) is 2.07. The van der Waals surface area contributed by atoms with Crippen molar-refractivity contribution in [1.82, 2.24) is 19.9 Å². The normalized spacial score (nSPS) is 10.8. The highest BCUT2D eigenvalue weighted by molar-refractivity contribution is 7.16. The monoisotopic (exact) mass is 286 g/mol.